The molecule has 1 aromatic heterocycles. The van der Waals surface area contributed by atoms with Crippen molar-refractivity contribution in [3.8, 4) is 0 Å². The van der Waals surface area contributed by atoms with Crippen molar-refractivity contribution in [3.63, 3.8) is 0 Å². The molecule has 1 aliphatic rings. The molecule has 0 atom stereocenters. The topological polar surface area (TPSA) is 20.7 Å². The molecular formula is C12H11F3N2S. The number of H-pyrrole nitrogens is 1. The van der Waals surface area contributed by atoms with Crippen molar-refractivity contribution in [2.45, 2.75) is 31.5 Å². The van der Waals surface area contributed by atoms with E-state index in [2.05, 4.69) is 11.9 Å². The average Bonchev–Trinajstić information content (AvgIpc) is 2.89. The summed E-state index contributed by atoms with van der Waals surface area (Å²) in [4.78, 5) is 2.86. The number of hydrogen-bond donors (Lipinski definition) is 1. The summed E-state index contributed by atoms with van der Waals surface area (Å²) in [6.07, 6.45) is -2.31. The smallest absolute Gasteiger partial charge is 0.331 e. The van der Waals surface area contributed by atoms with Crippen molar-refractivity contribution in [2.24, 2.45) is 0 Å². The first kappa shape index (κ1) is 11.8. The third kappa shape index (κ3) is 1.67. The highest BCUT2D eigenvalue weighted by Crippen LogP contribution is 2.45. The lowest BCUT2D eigenvalue weighted by Gasteiger charge is -2.12. The van der Waals surface area contributed by atoms with E-state index in [1.54, 1.807) is 0 Å². The van der Waals surface area contributed by atoms with Gasteiger partial charge in [-0.25, -0.2) is 0 Å². The van der Waals surface area contributed by atoms with Gasteiger partial charge in [-0.15, -0.1) is 0 Å². The van der Waals surface area contributed by atoms with Gasteiger partial charge in [0.1, 0.15) is 0 Å². The van der Waals surface area contributed by atoms with Gasteiger partial charge in [-0.3, -0.25) is 0 Å². The molecule has 1 heterocycles. The number of aromatic amines is 1. The van der Waals surface area contributed by atoms with E-state index in [0.29, 0.717) is 10.3 Å². The Morgan fingerprint density at radius 2 is 2.00 bits per heavy atom. The summed E-state index contributed by atoms with van der Waals surface area (Å²) in [6.45, 7) is 2.06. The van der Waals surface area contributed by atoms with Crippen LogP contribution in [0.1, 0.15) is 25.3 Å². The summed E-state index contributed by atoms with van der Waals surface area (Å²) in [5, 5.41) is 0. The summed E-state index contributed by atoms with van der Waals surface area (Å²) in [5.41, 5.74) is 0.505. The van der Waals surface area contributed by atoms with Gasteiger partial charge in [0.15, 0.2) is 4.77 Å². The molecular weight excluding hydrogens is 261 g/mol. The normalized spacial score (nSPS) is 18.2. The van der Waals surface area contributed by atoms with Crippen molar-refractivity contribution in [1.82, 2.24) is 9.55 Å². The number of fused-ring (bicyclic) bond motifs is 1. The lowest BCUT2D eigenvalue weighted by Crippen LogP contribution is -2.12. The van der Waals surface area contributed by atoms with E-state index in [9.17, 15) is 13.2 Å². The molecule has 96 valence electrons. The van der Waals surface area contributed by atoms with Crippen LogP contribution in [0.15, 0.2) is 18.2 Å². The molecule has 1 N–H and O–H groups in total. The Morgan fingerprint density at radius 1 is 1.33 bits per heavy atom. The van der Waals surface area contributed by atoms with Crippen LogP contribution in [0.25, 0.3) is 11.0 Å². The van der Waals surface area contributed by atoms with Gasteiger partial charge in [0.25, 0.3) is 0 Å². The zero-order valence-corrected chi connectivity index (χ0v) is 10.5. The molecule has 0 aliphatic heterocycles. The molecule has 0 saturated heterocycles. The minimum atomic E-state index is -4.32. The molecule has 1 saturated carbocycles. The molecule has 0 radical (unpaired) electrons. The Hall–Kier alpha value is -1.30. The Morgan fingerprint density at radius 3 is 2.56 bits per heavy atom. The number of rotatable bonds is 1. The second-order valence-electron chi connectivity index (χ2n) is 4.99. The van der Waals surface area contributed by atoms with Crippen molar-refractivity contribution in [2.75, 3.05) is 0 Å². The molecule has 1 aromatic carbocycles. The number of aromatic nitrogens is 2. The van der Waals surface area contributed by atoms with Crippen LogP contribution in [0.5, 0.6) is 0 Å². The number of benzene rings is 1. The Kier molecular flexibility index (Phi) is 2.21. The monoisotopic (exact) mass is 272 g/mol. The Bertz CT molecular complexity index is 677. The standard InChI is InChI=1S/C12H11F3N2S/c1-11(4-5-11)17-9-3-2-7(12(13,14)15)6-8(9)16-10(17)18/h2-3,6H,4-5H2,1H3,(H,16,18). The minimum absolute atomic E-state index is 0.0327. The molecule has 2 nitrogen and oxygen atoms in total. The summed E-state index contributed by atoms with van der Waals surface area (Å²) in [7, 11) is 0. The fourth-order valence-electron chi connectivity index (χ4n) is 2.23. The Labute approximate surface area is 106 Å². The minimum Gasteiger partial charge on any atom is -0.331 e. The quantitative estimate of drug-likeness (QED) is 0.770. The summed E-state index contributed by atoms with van der Waals surface area (Å²) < 4.78 is 40.3. The van der Waals surface area contributed by atoms with Gasteiger partial charge in [0.05, 0.1) is 16.6 Å². The summed E-state index contributed by atoms with van der Waals surface area (Å²) in [5.74, 6) is 0. The van der Waals surface area contributed by atoms with E-state index in [-0.39, 0.29) is 5.54 Å². The molecule has 1 fully saturated rings. The van der Waals surface area contributed by atoms with Crippen LogP contribution in [0.4, 0.5) is 13.2 Å². The van der Waals surface area contributed by atoms with E-state index in [0.717, 1.165) is 30.5 Å². The predicted octanol–water partition coefficient (Wildman–Crippen LogP) is 4.23. The van der Waals surface area contributed by atoms with E-state index < -0.39 is 11.7 Å². The van der Waals surface area contributed by atoms with Gasteiger partial charge >= 0.3 is 6.18 Å². The number of halogens is 3. The van der Waals surface area contributed by atoms with Crippen LogP contribution in [-0.2, 0) is 11.7 Å². The lowest BCUT2D eigenvalue weighted by molar-refractivity contribution is -0.137. The molecule has 0 spiro atoms. The van der Waals surface area contributed by atoms with Crippen LogP contribution in [0.3, 0.4) is 0 Å². The van der Waals surface area contributed by atoms with Crippen LogP contribution in [-0.4, -0.2) is 9.55 Å². The van der Waals surface area contributed by atoms with E-state index in [4.69, 9.17) is 12.2 Å². The van der Waals surface area contributed by atoms with Gasteiger partial charge < -0.3 is 9.55 Å². The first-order valence-corrected chi connectivity index (χ1v) is 6.05. The summed E-state index contributed by atoms with van der Waals surface area (Å²) >= 11 is 5.20. The first-order valence-electron chi connectivity index (χ1n) is 5.64. The molecule has 0 amide bonds. The largest absolute Gasteiger partial charge is 0.416 e. The third-order valence-electron chi connectivity index (χ3n) is 3.52. The zero-order chi connectivity index (χ0) is 13.1. The van der Waals surface area contributed by atoms with Crippen molar-refractivity contribution in [1.29, 1.82) is 0 Å². The lowest BCUT2D eigenvalue weighted by atomic mass is 10.2. The molecule has 0 unspecified atom stereocenters. The van der Waals surface area contributed by atoms with Crippen LogP contribution >= 0.6 is 12.2 Å². The molecule has 18 heavy (non-hydrogen) atoms. The summed E-state index contributed by atoms with van der Waals surface area (Å²) in [6, 6.07) is 3.72. The fourth-order valence-corrected chi connectivity index (χ4v) is 2.66. The first-order chi connectivity index (χ1) is 8.31. The van der Waals surface area contributed by atoms with Gasteiger partial charge in [-0.05, 0) is 50.2 Å². The van der Waals surface area contributed by atoms with Crippen molar-refractivity contribution >= 4 is 23.3 Å². The molecule has 1 aliphatic carbocycles. The van der Waals surface area contributed by atoms with Gasteiger partial charge in [-0.1, -0.05) is 0 Å². The van der Waals surface area contributed by atoms with Gasteiger partial charge in [-0.2, -0.15) is 13.2 Å². The maximum Gasteiger partial charge on any atom is 0.416 e. The Balaban J connectivity index is 2.24. The van der Waals surface area contributed by atoms with E-state index >= 15 is 0 Å². The van der Waals surface area contributed by atoms with Gasteiger partial charge in [0.2, 0.25) is 0 Å². The number of hydrogen-bond acceptors (Lipinski definition) is 1. The third-order valence-corrected chi connectivity index (χ3v) is 3.81. The second kappa shape index (κ2) is 3.38. The average molecular weight is 272 g/mol. The fraction of sp³-hybridized carbons (Fsp3) is 0.417. The highest BCUT2D eigenvalue weighted by molar-refractivity contribution is 7.71. The highest BCUT2D eigenvalue weighted by atomic mass is 32.1. The maximum atomic E-state index is 12.6. The van der Waals surface area contributed by atoms with Crippen LogP contribution in [0, 0.1) is 4.77 Å². The number of nitrogens with zero attached hydrogens (tertiary/aromatic N) is 1. The molecule has 3 rings (SSSR count). The van der Waals surface area contributed by atoms with Crippen LogP contribution < -0.4 is 0 Å². The molecule has 0 bridgehead atoms. The highest BCUT2D eigenvalue weighted by Gasteiger charge is 2.41. The van der Waals surface area contributed by atoms with Gasteiger partial charge in [0, 0.05) is 5.54 Å². The van der Waals surface area contributed by atoms with Crippen LogP contribution in [0.2, 0.25) is 0 Å². The predicted molar refractivity (Wildman–Crippen MR) is 65.0 cm³/mol. The SMILES string of the molecule is CC1(n2c(=S)[nH]c3cc(C(F)(F)F)ccc32)CC1. The number of alkyl halides is 3. The zero-order valence-electron chi connectivity index (χ0n) is 9.64. The number of nitrogens with one attached hydrogen (secondary N) is 1. The molecule has 6 heteroatoms. The second-order valence-corrected chi connectivity index (χ2v) is 5.38. The maximum absolute atomic E-state index is 12.6. The van der Waals surface area contributed by atoms with Crippen molar-refractivity contribution in [3.05, 3.63) is 28.5 Å². The molecule has 2 aromatic rings. The van der Waals surface area contributed by atoms with E-state index in [1.807, 2.05) is 4.57 Å². The number of imidazole rings is 1. The van der Waals surface area contributed by atoms with Crippen molar-refractivity contribution < 1.29 is 13.2 Å². The van der Waals surface area contributed by atoms with E-state index in [1.165, 1.54) is 6.07 Å².